The number of amides is 2. The SMILES string of the molecule is CCNC(C)CC(=O)N(C)CC(N)=O. The summed E-state index contributed by atoms with van der Waals surface area (Å²) in [5.41, 5.74) is 4.97. The Balaban J connectivity index is 3.88. The van der Waals surface area contributed by atoms with Crippen LogP contribution in [0.3, 0.4) is 0 Å². The van der Waals surface area contributed by atoms with E-state index in [4.69, 9.17) is 5.73 Å². The van der Waals surface area contributed by atoms with Crippen LogP contribution in [-0.2, 0) is 9.59 Å². The quantitative estimate of drug-likeness (QED) is 0.597. The Kier molecular flexibility index (Phi) is 5.87. The molecule has 1 atom stereocenters. The van der Waals surface area contributed by atoms with Crippen LogP contribution in [0.2, 0.25) is 0 Å². The van der Waals surface area contributed by atoms with Crippen molar-refractivity contribution in [3.8, 4) is 0 Å². The van der Waals surface area contributed by atoms with Crippen LogP contribution in [0, 0.1) is 0 Å². The summed E-state index contributed by atoms with van der Waals surface area (Å²) < 4.78 is 0. The Morgan fingerprint density at radius 3 is 2.50 bits per heavy atom. The highest BCUT2D eigenvalue weighted by molar-refractivity contribution is 5.83. The number of nitrogens with one attached hydrogen (secondary N) is 1. The van der Waals surface area contributed by atoms with Gasteiger partial charge in [-0.3, -0.25) is 9.59 Å². The molecule has 0 aromatic rings. The van der Waals surface area contributed by atoms with Crippen molar-refractivity contribution < 1.29 is 9.59 Å². The number of rotatable bonds is 6. The van der Waals surface area contributed by atoms with Gasteiger partial charge in [0.05, 0.1) is 6.54 Å². The molecular weight excluding hydrogens is 182 g/mol. The molecule has 0 aliphatic heterocycles. The van der Waals surface area contributed by atoms with Crippen molar-refractivity contribution in [1.82, 2.24) is 10.2 Å². The van der Waals surface area contributed by atoms with E-state index in [0.29, 0.717) is 6.42 Å². The summed E-state index contributed by atoms with van der Waals surface area (Å²) in [5.74, 6) is -0.561. The number of nitrogens with zero attached hydrogens (tertiary/aromatic N) is 1. The average Bonchev–Trinajstić information content (AvgIpc) is 2.02. The lowest BCUT2D eigenvalue weighted by atomic mass is 10.2. The van der Waals surface area contributed by atoms with E-state index in [2.05, 4.69) is 5.32 Å². The molecule has 14 heavy (non-hydrogen) atoms. The molecule has 82 valence electrons. The molecule has 2 amide bonds. The minimum absolute atomic E-state index is 0.0162. The summed E-state index contributed by atoms with van der Waals surface area (Å²) in [5, 5.41) is 3.12. The molecule has 5 nitrogen and oxygen atoms in total. The van der Waals surface area contributed by atoms with Gasteiger partial charge in [-0.05, 0) is 13.5 Å². The van der Waals surface area contributed by atoms with Crippen LogP contribution in [0.5, 0.6) is 0 Å². The van der Waals surface area contributed by atoms with Gasteiger partial charge in [-0.2, -0.15) is 0 Å². The molecule has 0 spiro atoms. The first kappa shape index (κ1) is 12.9. The second kappa shape index (κ2) is 6.37. The van der Waals surface area contributed by atoms with E-state index < -0.39 is 5.91 Å². The van der Waals surface area contributed by atoms with Gasteiger partial charge in [-0.25, -0.2) is 0 Å². The summed E-state index contributed by atoms with van der Waals surface area (Å²) in [7, 11) is 1.58. The normalized spacial score (nSPS) is 12.2. The van der Waals surface area contributed by atoms with Gasteiger partial charge >= 0.3 is 0 Å². The van der Waals surface area contributed by atoms with E-state index in [1.54, 1.807) is 7.05 Å². The molecule has 3 N–H and O–H groups in total. The third-order valence-corrected chi connectivity index (χ3v) is 1.85. The summed E-state index contributed by atoms with van der Waals surface area (Å²) >= 11 is 0. The second-order valence-corrected chi connectivity index (χ2v) is 3.38. The Labute approximate surface area is 84.6 Å². The topological polar surface area (TPSA) is 75.4 Å². The molecule has 5 heteroatoms. The molecule has 1 unspecified atom stereocenters. The van der Waals surface area contributed by atoms with Gasteiger partial charge in [0.25, 0.3) is 0 Å². The monoisotopic (exact) mass is 201 g/mol. The van der Waals surface area contributed by atoms with Gasteiger partial charge in [0.1, 0.15) is 0 Å². The predicted molar refractivity (Wildman–Crippen MR) is 54.6 cm³/mol. The van der Waals surface area contributed by atoms with Crippen LogP contribution in [0.25, 0.3) is 0 Å². The number of likely N-dealkylation sites (N-methyl/N-ethyl adjacent to an activating group) is 1. The first-order valence-corrected chi connectivity index (χ1v) is 4.73. The summed E-state index contributed by atoms with van der Waals surface area (Å²) in [6.45, 7) is 4.72. The van der Waals surface area contributed by atoms with Crippen LogP contribution in [-0.4, -0.2) is 42.9 Å². The van der Waals surface area contributed by atoms with Gasteiger partial charge in [0.2, 0.25) is 11.8 Å². The fourth-order valence-electron chi connectivity index (χ4n) is 1.16. The van der Waals surface area contributed by atoms with Crippen LogP contribution >= 0.6 is 0 Å². The van der Waals surface area contributed by atoms with Gasteiger partial charge in [-0.1, -0.05) is 6.92 Å². The Bertz CT molecular complexity index is 206. The van der Waals surface area contributed by atoms with E-state index >= 15 is 0 Å². The van der Waals surface area contributed by atoms with E-state index in [9.17, 15) is 9.59 Å². The van der Waals surface area contributed by atoms with E-state index in [1.807, 2.05) is 13.8 Å². The van der Waals surface area contributed by atoms with Gasteiger partial charge in [-0.15, -0.1) is 0 Å². The fourth-order valence-corrected chi connectivity index (χ4v) is 1.16. The number of carbonyl (C=O) groups is 2. The predicted octanol–water partition coefficient (Wildman–Crippen LogP) is -0.682. The average molecular weight is 201 g/mol. The minimum Gasteiger partial charge on any atom is -0.368 e. The van der Waals surface area contributed by atoms with E-state index in [1.165, 1.54) is 4.90 Å². The van der Waals surface area contributed by atoms with Crippen LogP contribution in [0.4, 0.5) is 0 Å². The number of primary amides is 1. The number of hydrogen-bond acceptors (Lipinski definition) is 3. The number of hydrogen-bond donors (Lipinski definition) is 2. The molecule has 0 rings (SSSR count). The van der Waals surface area contributed by atoms with Gasteiger partial charge in [0.15, 0.2) is 0 Å². The Morgan fingerprint density at radius 1 is 1.50 bits per heavy atom. The highest BCUT2D eigenvalue weighted by atomic mass is 16.2. The molecular formula is C9H19N3O2. The smallest absolute Gasteiger partial charge is 0.237 e. The minimum atomic E-state index is -0.489. The first-order chi connectivity index (χ1) is 6.47. The molecule has 0 aliphatic carbocycles. The largest absolute Gasteiger partial charge is 0.368 e. The third kappa shape index (κ3) is 5.53. The van der Waals surface area contributed by atoms with Crippen molar-refractivity contribution >= 4 is 11.8 Å². The van der Waals surface area contributed by atoms with Crippen LogP contribution < -0.4 is 11.1 Å². The lowest BCUT2D eigenvalue weighted by molar-refractivity contribution is -0.134. The first-order valence-electron chi connectivity index (χ1n) is 4.73. The fraction of sp³-hybridized carbons (Fsp3) is 0.778. The summed E-state index contributed by atoms with van der Waals surface area (Å²) in [6, 6.07) is 0.128. The number of nitrogens with two attached hydrogens (primary N) is 1. The zero-order valence-electron chi connectivity index (χ0n) is 9.04. The lowest BCUT2D eigenvalue weighted by Gasteiger charge is -2.18. The molecule has 0 radical (unpaired) electrons. The Hall–Kier alpha value is -1.10. The molecule has 0 bridgehead atoms. The Morgan fingerprint density at radius 2 is 2.07 bits per heavy atom. The van der Waals surface area contributed by atoms with Crippen molar-refractivity contribution in [3.63, 3.8) is 0 Å². The number of carbonyl (C=O) groups excluding carboxylic acids is 2. The van der Waals surface area contributed by atoms with E-state index in [-0.39, 0.29) is 18.5 Å². The summed E-state index contributed by atoms with van der Waals surface area (Å²) in [6.07, 6.45) is 0.387. The standard InChI is InChI=1S/C9H19N3O2/c1-4-11-7(2)5-9(14)12(3)6-8(10)13/h7,11H,4-6H2,1-3H3,(H2,10,13). The molecule has 0 aromatic carbocycles. The maximum atomic E-state index is 11.4. The zero-order chi connectivity index (χ0) is 11.1. The van der Waals surface area contributed by atoms with Gasteiger partial charge in [0, 0.05) is 19.5 Å². The zero-order valence-corrected chi connectivity index (χ0v) is 9.04. The second-order valence-electron chi connectivity index (χ2n) is 3.38. The molecule has 0 saturated heterocycles. The molecule has 0 saturated carbocycles. The molecule has 0 fully saturated rings. The highest BCUT2D eigenvalue weighted by Gasteiger charge is 2.13. The lowest BCUT2D eigenvalue weighted by Crippen LogP contribution is -2.39. The maximum Gasteiger partial charge on any atom is 0.237 e. The molecule has 0 aliphatic rings. The molecule has 0 aromatic heterocycles. The van der Waals surface area contributed by atoms with Gasteiger partial charge < -0.3 is 16.0 Å². The van der Waals surface area contributed by atoms with E-state index in [0.717, 1.165) is 6.54 Å². The van der Waals surface area contributed by atoms with Crippen molar-refractivity contribution in [3.05, 3.63) is 0 Å². The van der Waals surface area contributed by atoms with Crippen molar-refractivity contribution in [2.75, 3.05) is 20.1 Å². The van der Waals surface area contributed by atoms with Crippen molar-refractivity contribution in [1.29, 1.82) is 0 Å². The summed E-state index contributed by atoms with van der Waals surface area (Å²) in [4.78, 5) is 23.3. The molecule has 0 heterocycles. The van der Waals surface area contributed by atoms with Crippen LogP contribution in [0.15, 0.2) is 0 Å². The third-order valence-electron chi connectivity index (χ3n) is 1.85. The van der Waals surface area contributed by atoms with Crippen molar-refractivity contribution in [2.45, 2.75) is 26.3 Å². The maximum absolute atomic E-state index is 11.4. The van der Waals surface area contributed by atoms with Crippen molar-refractivity contribution in [2.24, 2.45) is 5.73 Å². The highest BCUT2D eigenvalue weighted by Crippen LogP contribution is 1.95. The van der Waals surface area contributed by atoms with Crippen LogP contribution in [0.1, 0.15) is 20.3 Å².